The predicted molar refractivity (Wildman–Crippen MR) is 72.4 cm³/mol. The minimum absolute atomic E-state index is 0.354. The lowest BCUT2D eigenvalue weighted by Crippen LogP contribution is -1.89. The second-order valence-corrected chi connectivity index (χ2v) is 5.09. The Bertz CT molecular complexity index is 546. The first-order chi connectivity index (χ1) is 7.58. The van der Waals surface area contributed by atoms with E-state index in [2.05, 4.69) is 4.98 Å². The Balaban J connectivity index is 2.54. The first-order valence-electron chi connectivity index (χ1n) is 4.34. The maximum Gasteiger partial charge on any atom is 0.142 e. The van der Waals surface area contributed by atoms with Crippen LogP contribution in [-0.4, -0.2) is 4.98 Å². The van der Waals surface area contributed by atoms with Gasteiger partial charge in [0, 0.05) is 9.13 Å². The zero-order valence-corrected chi connectivity index (χ0v) is 11.5. The van der Waals surface area contributed by atoms with Gasteiger partial charge in [-0.05, 0) is 40.8 Å². The van der Waals surface area contributed by atoms with Gasteiger partial charge in [-0.2, -0.15) is 0 Å². The number of rotatable bonds is 1. The molecule has 2 rings (SSSR count). The number of nitrogens with zero attached hydrogens (tertiary/aromatic N) is 1. The molecule has 0 aliphatic carbocycles. The van der Waals surface area contributed by atoms with E-state index in [1.165, 1.54) is 12.3 Å². The highest BCUT2D eigenvalue weighted by atomic mass is 127. The molecule has 0 bridgehead atoms. The summed E-state index contributed by atoms with van der Waals surface area (Å²) in [6.45, 7) is 0. The van der Waals surface area contributed by atoms with Crippen LogP contribution < -0.4 is 0 Å². The average Bonchev–Trinajstić information content (AvgIpc) is 2.22. The van der Waals surface area contributed by atoms with Crippen LogP contribution in [0.1, 0.15) is 0 Å². The summed E-state index contributed by atoms with van der Waals surface area (Å²) < 4.78 is 13.6. The van der Waals surface area contributed by atoms with Crippen molar-refractivity contribution in [1.29, 1.82) is 0 Å². The van der Waals surface area contributed by atoms with Crippen LogP contribution in [0.15, 0.2) is 30.5 Å². The molecule has 0 unspecified atom stereocenters. The lowest BCUT2D eigenvalue weighted by atomic mass is 10.1. The summed E-state index contributed by atoms with van der Waals surface area (Å²) in [5, 5.41) is 0.948. The van der Waals surface area contributed by atoms with Gasteiger partial charge in [0.05, 0.1) is 21.9 Å². The molecule has 0 spiro atoms. The molecule has 0 aliphatic heterocycles. The van der Waals surface area contributed by atoms with Gasteiger partial charge in [-0.3, -0.25) is 4.98 Å². The fourth-order valence-corrected chi connectivity index (χ4v) is 2.32. The third kappa shape index (κ3) is 2.47. The molecule has 0 saturated heterocycles. The van der Waals surface area contributed by atoms with Crippen LogP contribution in [0.2, 0.25) is 10.0 Å². The zero-order valence-electron chi connectivity index (χ0n) is 7.85. The van der Waals surface area contributed by atoms with E-state index < -0.39 is 0 Å². The maximum absolute atomic E-state index is 12.9. The van der Waals surface area contributed by atoms with Gasteiger partial charge < -0.3 is 0 Å². The summed E-state index contributed by atoms with van der Waals surface area (Å²) in [7, 11) is 0. The first kappa shape index (κ1) is 12.1. The van der Waals surface area contributed by atoms with Crippen molar-refractivity contribution in [2.24, 2.45) is 0 Å². The van der Waals surface area contributed by atoms with Crippen molar-refractivity contribution < 1.29 is 4.39 Å². The van der Waals surface area contributed by atoms with Crippen molar-refractivity contribution in [2.75, 3.05) is 0 Å². The number of benzene rings is 1. The van der Waals surface area contributed by atoms with Crippen LogP contribution in [0.5, 0.6) is 0 Å². The van der Waals surface area contributed by atoms with Crippen LogP contribution in [0.25, 0.3) is 11.3 Å². The number of pyridine rings is 1. The number of halogens is 4. The molecule has 0 aliphatic rings. The van der Waals surface area contributed by atoms with Crippen LogP contribution >= 0.6 is 45.8 Å². The van der Waals surface area contributed by atoms with E-state index in [1.807, 2.05) is 22.6 Å². The standard InChI is InChI=1S/C11H5Cl2FIN/c12-8-2-1-6(3-9(8)13)11-10(15)4-7(14)5-16-11/h1-5H. The SMILES string of the molecule is Fc1cnc(-c2ccc(Cl)c(Cl)c2)c(I)c1. The van der Waals surface area contributed by atoms with Crippen molar-refractivity contribution in [2.45, 2.75) is 0 Å². The molecule has 0 radical (unpaired) electrons. The molecule has 0 atom stereocenters. The molecule has 82 valence electrons. The van der Waals surface area contributed by atoms with Crippen molar-refractivity contribution in [3.8, 4) is 11.3 Å². The van der Waals surface area contributed by atoms with Crippen LogP contribution in [0.4, 0.5) is 4.39 Å². The Hall–Kier alpha value is -0.390. The summed E-state index contributed by atoms with van der Waals surface area (Å²) in [5.41, 5.74) is 1.51. The Morgan fingerprint density at radius 1 is 1.12 bits per heavy atom. The normalized spacial score (nSPS) is 10.5. The molecule has 0 amide bonds. The highest BCUT2D eigenvalue weighted by molar-refractivity contribution is 14.1. The van der Waals surface area contributed by atoms with Gasteiger partial charge in [-0.25, -0.2) is 4.39 Å². The highest BCUT2D eigenvalue weighted by Gasteiger charge is 2.07. The molecule has 16 heavy (non-hydrogen) atoms. The van der Waals surface area contributed by atoms with E-state index in [9.17, 15) is 4.39 Å². The molecule has 5 heteroatoms. The van der Waals surface area contributed by atoms with E-state index in [-0.39, 0.29) is 5.82 Å². The molecule has 0 fully saturated rings. The van der Waals surface area contributed by atoms with Gasteiger partial charge in [0.15, 0.2) is 0 Å². The maximum atomic E-state index is 12.9. The quantitative estimate of drug-likeness (QED) is 0.660. The van der Waals surface area contributed by atoms with E-state index >= 15 is 0 Å². The molecule has 0 saturated carbocycles. The van der Waals surface area contributed by atoms with Crippen molar-refractivity contribution in [1.82, 2.24) is 4.98 Å². The summed E-state index contributed by atoms with van der Waals surface area (Å²) in [4.78, 5) is 4.03. The van der Waals surface area contributed by atoms with Crippen molar-refractivity contribution >= 4 is 45.8 Å². The van der Waals surface area contributed by atoms with E-state index in [1.54, 1.807) is 18.2 Å². The number of hydrogen-bond donors (Lipinski definition) is 0. The van der Waals surface area contributed by atoms with Crippen LogP contribution in [0.3, 0.4) is 0 Å². The second kappa shape index (κ2) is 4.85. The van der Waals surface area contributed by atoms with E-state index in [4.69, 9.17) is 23.2 Å². The third-order valence-corrected chi connectivity index (χ3v) is 3.56. The molecular weight excluding hydrogens is 363 g/mol. The Labute approximate surface area is 116 Å². The summed E-state index contributed by atoms with van der Waals surface area (Å²) in [6.07, 6.45) is 1.18. The third-order valence-electron chi connectivity index (χ3n) is 2.00. The zero-order chi connectivity index (χ0) is 11.7. The van der Waals surface area contributed by atoms with Crippen molar-refractivity contribution in [3.63, 3.8) is 0 Å². The summed E-state index contributed by atoms with van der Waals surface area (Å²) in [5.74, 6) is -0.354. The Morgan fingerprint density at radius 3 is 2.50 bits per heavy atom. The van der Waals surface area contributed by atoms with Gasteiger partial charge in [0.25, 0.3) is 0 Å². The summed E-state index contributed by atoms with van der Waals surface area (Å²) in [6, 6.07) is 6.63. The van der Waals surface area contributed by atoms with E-state index in [0.717, 1.165) is 9.13 Å². The number of aromatic nitrogens is 1. The van der Waals surface area contributed by atoms with Crippen LogP contribution in [0, 0.1) is 9.39 Å². The minimum Gasteiger partial charge on any atom is -0.252 e. The minimum atomic E-state index is -0.354. The average molecular weight is 368 g/mol. The molecular formula is C11H5Cl2FIN. The lowest BCUT2D eigenvalue weighted by Gasteiger charge is -2.05. The fourth-order valence-electron chi connectivity index (χ4n) is 1.27. The Kier molecular flexibility index (Phi) is 3.66. The van der Waals surface area contributed by atoms with E-state index in [0.29, 0.717) is 15.7 Å². The van der Waals surface area contributed by atoms with Gasteiger partial charge >= 0.3 is 0 Å². The largest absolute Gasteiger partial charge is 0.252 e. The number of hydrogen-bond acceptors (Lipinski definition) is 1. The molecule has 0 N–H and O–H groups in total. The lowest BCUT2D eigenvalue weighted by molar-refractivity contribution is 0.620. The summed E-state index contributed by atoms with van der Waals surface area (Å²) >= 11 is 13.8. The molecule has 1 aromatic heterocycles. The predicted octanol–water partition coefficient (Wildman–Crippen LogP) is 4.80. The first-order valence-corrected chi connectivity index (χ1v) is 6.18. The Morgan fingerprint density at radius 2 is 1.88 bits per heavy atom. The topological polar surface area (TPSA) is 12.9 Å². The van der Waals surface area contributed by atoms with Gasteiger partial charge in [-0.1, -0.05) is 29.3 Å². The van der Waals surface area contributed by atoms with Gasteiger partial charge in [0.1, 0.15) is 5.82 Å². The fraction of sp³-hybridized carbons (Fsp3) is 0. The second-order valence-electron chi connectivity index (χ2n) is 3.11. The molecule has 2 aromatic rings. The molecule has 1 heterocycles. The highest BCUT2D eigenvalue weighted by Crippen LogP contribution is 2.29. The van der Waals surface area contributed by atoms with Crippen LogP contribution in [-0.2, 0) is 0 Å². The molecule has 1 aromatic carbocycles. The van der Waals surface area contributed by atoms with Gasteiger partial charge in [-0.15, -0.1) is 0 Å². The smallest absolute Gasteiger partial charge is 0.142 e. The van der Waals surface area contributed by atoms with Gasteiger partial charge in [0.2, 0.25) is 0 Å². The van der Waals surface area contributed by atoms with Crippen molar-refractivity contribution in [3.05, 3.63) is 49.9 Å². The monoisotopic (exact) mass is 367 g/mol. The molecule has 1 nitrogen and oxygen atoms in total.